The number of nitrogens with two attached hydrogens (primary N) is 1. The number of amides is 1. The lowest BCUT2D eigenvalue weighted by atomic mass is 9.92. The van der Waals surface area contributed by atoms with Crippen molar-refractivity contribution in [2.45, 2.75) is 53.6 Å². The van der Waals surface area contributed by atoms with Gasteiger partial charge in [0.05, 0.1) is 6.10 Å². The smallest absolute Gasteiger partial charge is 0.223 e. The van der Waals surface area contributed by atoms with Crippen molar-refractivity contribution >= 4 is 5.91 Å². The average Bonchev–Trinajstić information content (AvgIpc) is 2.69. The van der Waals surface area contributed by atoms with Crippen molar-refractivity contribution in [3.63, 3.8) is 0 Å². The van der Waals surface area contributed by atoms with E-state index in [4.69, 9.17) is 0 Å². The normalized spacial score (nSPS) is 18.8. The molecule has 1 saturated heterocycles. The minimum Gasteiger partial charge on any atom is -0.391 e. The second-order valence-electron chi connectivity index (χ2n) is 5.02. The average molecular weight is 246 g/mol. The Bertz CT molecular complexity index is 200. The van der Waals surface area contributed by atoms with Gasteiger partial charge in [0.15, 0.2) is 0 Å². The van der Waals surface area contributed by atoms with E-state index < -0.39 is 0 Å². The van der Waals surface area contributed by atoms with Gasteiger partial charge in [-0.15, -0.1) is 0 Å². The first-order valence-corrected chi connectivity index (χ1v) is 6.42. The molecule has 1 aliphatic heterocycles. The van der Waals surface area contributed by atoms with Crippen LogP contribution in [0.4, 0.5) is 0 Å². The lowest BCUT2D eigenvalue weighted by molar-refractivity contribution is -0.132. The fraction of sp³-hybridized carbons (Fsp3) is 0.923. The summed E-state index contributed by atoms with van der Waals surface area (Å²) in [7, 11) is 1.50. The molecule has 1 amide bonds. The molecule has 1 unspecified atom stereocenters. The molecule has 0 aliphatic carbocycles. The van der Waals surface area contributed by atoms with Gasteiger partial charge in [-0.3, -0.25) is 4.79 Å². The van der Waals surface area contributed by atoms with Gasteiger partial charge < -0.3 is 15.7 Å². The van der Waals surface area contributed by atoms with Crippen LogP contribution in [0.2, 0.25) is 0 Å². The van der Waals surface area contributed by atoms with Crippen LogP contribution in [0, 0.1) is 5.41 Å². The molecule has 1 aliphatic rings. The molecule has 4 heteroatoms. The number of hydrogen-bond acceptors (Lipinski definition) is 3. The molecule has 17 heavy (non-hydrogen) atoms. The summed E-state index contributed by atoms with van der Waals surface area (Å²) in [6, 6.07) is 0. The zero-order valence-corrected chi connectivity index (χ0v) is 12.3. The van der Waals surface area contributed by atoms with Gasteiger partial charge in [0.1, 0.15) is 0 Å². The Morgan fingerprint density at radius 1 is 1.35 bits per heavy atom. The number of aliphatic hydroxyl groups is 1. The van der Waals surface area contributed by atoms with Crippen LogP contribution in [0.1, 0.15) is 47.5 Å². The zero-order chi connectivity index (χ0) is 14.1. The third kappa shape index (κ3) is 9.12. The highest BCUT2D eigenvalue weighted by molar-refractivity contribution is 5.77. The van der Waals surface area contributed by atoms with E-state index in [2.05, 4.69) is 26.5 Å². The highest BCUT2D eigenvalue weighted by atomic mass is 16.3. The van der Waals surface area contributed by atoms with E-state index in [9.17, 15) is 9.90 Å². The Morgan fingerprint density at radius 2 is 1.82 bits per heavy atom. The molecule has 0 aromatic rings. The number of likely N-dealkylation sites (tertiary alicyclic amines) is 1. The van der Waals surface area contributed by atoms with Crippen LogP contribution in [0.3, 0.4) is 0 Å². The molecule has 1 rings (SSSR count). The molecule has 0 saturated carbocycles. The van der Waals surface area contributed by atoms with E-state index in [1.54, 1.807) is 4.90 Å². The van der Waals surface area contributed by atoms with Crippen molar-refractivity contribution in [3.8, 4) is 0 Å². The van der Waals surface area contributed by atoms with Crippen LogP contribution in [0.15, 0.2) is 0 Å². The highest BCUT2D eigenvalue weighted by Crippen LogP contribution is 2.21. The topological polar surface area (TPSA) is 66.6 Å². The van der Waals surface area contributed by atoms with E-state index in [-0.39, 0.29) is 17.4 Å². The third-order valence-corrected chi connectivity index (χ3v) is 2.20. The monoisotopic (exact) mass is 246 g/mol. The summed E-state index contributed by atoms with van der Waals surface area (Å²) in [5, 5.41) is 9.25. The van der Waals surface area contributed by atoms with E-state index >= 15 is 0 Å². The molecule has 3 N–H and O–H groups in total. The number of β-amino-alcohol motifs (C(OH)–C–C–N with tert-alkyl or cyclic N) is 1. The summed E-state index contributed by atoms with van der Waals surface area (Å²) >= 11 is 0. The maximum atomic E-state index is 11.6. The third-order valence-electron chi connectivity index (χ3n) is 2.20. The Labute approximate surface area is 106 Å². The maximum absolute atomic E-state index is 11.6. The number of nitrogens with zero attached hydrogens (tertiary/aromatic N) is 1. The summed E-state index contributed by atoms with van der Waals surface area (Å²) in [5.74, 6) is 0.170. The summed E-state index contributed by atoms with van der Waals surface area (Å²) in [6.07, 6.45) is 0.999. The molecule has 0 spiro atoms. The SMILES string of the molecule is CC.CC(C)(C)CC(=O)N1CCC(O)C1.CN. The van der Waals surface area contributed by atoms with Gasteiger partial charge in [0.2, 0.25) is 5.91 Å². The number of hydrogen-bond donors (Lipinski definition) is 2. The molecule has 104 valence electrons. The first-order valence-electron chi connectivity index (χ1n) is 6.42. The molecular formula is C13H30N2O2. The van der Waals surface area contributed by atoms with Crippen LogP contribution < -0.4 is 5.73 Å². The summed E-state index contributed by atoms with van der Waals surface area (Å²) in [5.41, 5.74) is 4.55. The predicted molar refractivity (Wildman–Crippen MR) is 72.7 cm³/mol. The largest absolute Gasteiger partial charge is 0.391 e. The molecule has 1 fully saturated rings. The standard InChI is InChI=1S/C10H19NO2.C2H6.CH5N/c1-10(2,3)6-9(13)11-5-4-8(12)7-11;2*1-2/h8,12H,4-7H2,1-3H3;1-2H3;2H2,1H3. The van der Waals surface area contributed by atoms with Crippen molar-refractivity contribution < 1.29 is 9.90 Å². The van der Waals surface area contributed by atoms with Gasteiger partial charge in [-0.05, 0) is 18.9 Å². The van der Waals surface area contributed by atoms with Gasteiger partial charge in [0.25, 0.3) is 0 Å². The quantitative estimate of drug-likeness (QED) is 0.739. The van der Waals surface area contributed by atoms with E-state index in [0.717, 1.165) is 13.0 Å². The molecule has 0 bridgehead atoms. The van der Waals surface area contributed by atoms with Crippen LogP contribution in [-0.2, 0) is 4.79 Å². The van der Waals surface area contributed by atoms with Gasteiger partial charge in [-0.25, -0.2) is 0 Å². The van der Waals surface area contributed by atoms with Crippen LogP contribution >= 0.6 is 0 Å². The fourth-order valence-corrected chi connectivity index (χ4v) is 1.53. The van der Waals surface area contributed by atoms with Crippen molar-refractivity contribution in [2.24, 2.45) is 11.1 Å². The van der Waals surface area contributed by atoms with Gasteiger partial charge in [0, 0.05) is 19.5 Å². The minimum absolute atomic E-state index is 0.0463. The van der Waals surface area contributed by atoms with E-state index in [1.165, 1.54) is 7.05 Å². The highest BCUT2D eigenvalue weighted by Gasteiger charge is 2.27. The number of aliphatic hydroxyl groups excluding tert-OH is 1. The molecule has 1 heterocycles. The number of carbonyl (C=O) groups is 1. The minimum atomic E-state index is -0.302. The van der Waals surface area contributed by atoms with E-state index in [1.807, 2.05) is 13.8 Å². The van der Waals surface area contributed by atoms with Crippen LogP contribution in [0.25, 0.3) is 0 Å². The maximum Gasteiger partial charge on any atom is 0.223 e. The first kappa shape index (κ1) is 18.7. The lowest BCUT2D eigenvalue weighted by Crippen LogP contribution is -2.32. The molecule has 0 radical (unpaired) electrons. The van der Waals surface area contributed by atoms with Crippen molar-refractivity contribution in [1.29, 1.82) is 0 Å². The molecule has 0 aromatic carbocycles. The predicted octanol–water partition coefficient (Wildman–Crippen LogP) is 1.62. The fourth-order valence-electron chi connectivity index (χ4n) is 1.53. The lowest BCUT2D eigenvalue weighted by Gasteiger charge is -2.22. The molecule has 4 nitrogen and oxygen atoms in total. The van der Waals surface area contributed by atoms with Gasteiger partial charge >= 0.3 is 0 Å². The Balaban J connectivity index is 0. The first-order chi connectivity index (χ1) is 7.88. The summed E-state index contributed by atoms with van der Waals surface area (Å²) in [4.78, 5) is 13.4. The molecular weight excluding hydrogens is 216 g/mol. The van der Waals surface area contributed by atoms with Crippen molar-refractivity contribution in [2.75, 3.05) is 20.1 Å². The second kappa shape index (κ2) is 9.42. The van der Waals surface area contributed by atoms with Gasteiger partial charge in [-0.1, -0.05) is 34.6 Å². The van der Waals surface area contributed by atoms with Crippen molar-refractivity contribution in [3.05, 3.63) is 0 Å². The molecule has 0 aromatic heterocycles. The Morgan fingerprint density at radius 3 is 2.12 bits per heavy atom. The number of rotatable bonds is 1. The number of carbonyl (C=O) groups excluding carboxylic acids is 1. The second-order valence-corrected chi connectivity index (χ2v) is 5.02. The Hall–Kier alpha value is -0.610. The van der Waals surface area contributed by atoms with Crippen LogP contribution in [-0.4, -0.2) is 42.2 Å². The van der Waals surface area contributed by atoms with Crippen molar-refractivity contribution in [1.82, 2.24) is 4.90 Å². The van der Waals surface area contributed by atoms with Crippen LogP contribution in [0.5, 0.6) is 0 Å². The summed E-state index contributed by atoms with van der Waals surface area (Å²) < 4.78 is 0. The summed E-state index contributed by atoms with van der Waals surface area (Å²) in [6.45, 7) is 11.4. The zero-order valence-electron chi connectivity index (χ0n) is 12.3. The Kier molecular flexibility index (Phi) is 10.4. The van der Waals surface area contributed by atoms with Gasteiger partial charge in [-0.2, -0.15) is 0 Å². The van der Waals surface area contributed by atoms with E-state index in [0.29, 0.717) is 13.0 Å². The molecule has 1 atom stereocenters.